The average Bonchev–Trinajstić information content (AvgIpc) is 1.44. The molecule has 4 aromatic heterocycles. The number of para-hydroxylation sites is 4. The van der Waals surface area contributed by atoms with Gasteiger partial charge in [0.15, 0.2) is 20.5 Å². The lowest BCUT2D eigenvalue weighted by molar-refractivity contribution is 0.323. The Kier molecular flexibility index (Phi) is 28.5. The summed E-state index contributed by atoms with van der Waals surface area (Å²) in [6.07, 6.45) is 22.9. The van der Waals surface area contributed by atoms with Crippen molar-refractivity contribution in [1.82, 2.24) is 38.8 Å². The van der Waals surface area contributed by atoms with E-state index >= 15 is 0 Å². The summed E-state index contributed by atoms with van der Waals surface area (Å²) in [5.74, 6) is 5.94. The Labute approximate surface area is 705 Å². The third kappa shape index (κ3) is 23.6. The molecule has 0 bridgehead atoms. The maximum atomic E-state index is 13.0. The van der Waals surface area contributed by atoms with Crippen LogP contribution in [0.3, 0.4) is 0 Å². The molecule has 0 atom stereocenters. The number of thiazole rings is 4. The van der Waals surface area contributed by atoms with Gasteiger partial charge in [0.05, 0.1) is 75.1 Å². The molecule has 5 aromatic carbocycles. The number of aromatic nitrogens is 4. The van der Waals surface area contributed by atoms with Gasteiger partial charge in [0.25, 0.3) is 0 Å². The number of rotatable bonds is 22. The molecule has 8 N–H and O–H groups in total. The molecule has 0 unspecified atom stereocenters. The van der Waals surface area contributed by atoms with E-state index in [-0.39, 0.29) is 17.0 Å². The standard InChI is InChI=1S/C26H31N3O4S2.C20H27N3O3S2.2C19H25N3O3S2/c1-17-7-12-22(32-2)24(15-17)35(30,31)29-19-10-8-18(9-11-19)16-27-26-28-25-20-5-3-4-6-21(20)33-14-13-23(25)34-26;1-13-4-3-5-16-18-17(10-11-26-19(13)16)27-20(23-18)22-15-8-6-14(7-9-15)12-21-28(2,24)25;1-27(23,24)20-12-13-6-8-14(9-7-13)21-19-22-18-15-4-2-3-5-16(15)25-11-10-17(18)26-19;1-27(23,24)22-14-8-6-13(7-9-14)12-20-19-21-18-15-4-2-3-5-16(15)25-11-10-17(18)26-19/h3-7,12,15,18-19,29H,8-11,13-14,16H2,1-2H3,(H,27,28);3-5,14-15,21H,6-12H2,1-2H3,(H,22,23);2-5,13-14,20H,6-12H2,1H3,(H,21,22);2-5,13-14,22H,6-12H2,1H3,(H,20,21). The molecule has 17 rings (SSSR count). The zero-order valence-electron chi connectivity index (χ0n) is 67.2. The lowest BCUT2D eigenvalue weighted by Gasteiger charge is -2.29. The molecule has 8 aliphatic rings. The second-order valence-corrected chi connectivity index (χ2v) is 43.3. The Morgan fingerprint density at radius 3 is 1.16 bits per heavy atom. The van der Waals surface area contributed by atoms with Crippen LogP contribution < -0.4 is 63.8 Å². The van der Waals surface area contributed by atoms with E-state index in [1.54, 1.807) is 57.5 Å². The Balaban J connectivity index is 0.000000129. The highest BCUT2D eigenvalue weighted by molar-refractivity contribution is 7.90. The number of nitrogens with one attached hydrogen (secondary N) is 8. The summed E-state index contributed by atoms with van der Waals surface area (Å²) >= 11 is 6.88. The fourth-order valence-electron chi connectivity index (χ4n) is 16.5. The minimum atomic E-state index is -3.64. The maximum Gasteiger partial charge on any atom is 0.244 e. The van der Waals surface area contributed by atoms with Gasteiger partial charge in [0.2, 0.25) is 40.1 Å². The fourth-order valence-corrected chi connectivity index (χ4v) is 24.0. The number of hydrogen-bond acceptors (Lipinski definition) is 25. The lowest BCUT2D eigenvalue weighted by atomic mass is 9.86. The molecular weight excluding hydrogens is 1640 g/mol. The number of benzene rings is 5. The molecule has 630 valence electrons. The molecule has 9 aromatic rings. The zero-order valence-corrected chi connectivity index (χ0v) is 73.7. The summed E-state index contributed by atoms with van der Waals surface area (Å²) in [5, 5.41) is 18.2. The molecule has 8 heterocycles. The van der Waals surface area contributed by atoms with Crippen molar-refractivity contribution in [3.8, 4) is 73.8 Å². The molecule has 4 aliphatic heterocycles. The highest BCUT2D eigenvalue weighted by atomic mass is 32.2. The Morgan fingerprint density at radius 2 is 0.752 bits per heavy atom. The molecule has 0 radical (unpaired) electrons. The minimum Gasteiger partial charge on any atom is -0.495 e. The maximum absolute atomic E-state index is 13.0. The van der Waals surface area contributed by atoms with E-state index in [4.69, 9.17) is 43.6 Å². The first-order chi connectivity index (χ1) is 56.3. The molecule has 4 aliphatic carbocycles. The summed E-state index contributed by atoms with van der Waals surface area (Å²) in [6.45, 7) is 9.50. The SMILES string of the molecule is COc1ccc(C)cc1S(=O)(=O)NC1CCC(CNc2nc3c(s2)CCOc2ccccc2-3)CC1.CS(=O)(=O)NC1CCC(CNc2nc3c(s2)CCOc2ccccc2-3)CC1.CS(=O)(=O)NCC1CCC(Nc2nc3c(s2)CCOc2ccccc2-3)CC1.Cc1cccc2c1OCCc1sc(NC3CCC(CNS(C)(=O)=O)CC3)nc1-2. The summed E-state index contributed by atoms with van der Waals surface area (Å²) < 4.78 is 133. The number of sulfonamides is 4. The van der Waals surface area contributed by atoms with Crippen LogP contribution in [0.25, 0.3) is 45.0 Å². The van der Waals surface area contributed by atoms with Gasteiger partial charge in [-0.3, -0.25) is 0 Å². The third-order valence-electron chi connectivity index (χ3n) is 22.7. The van der Waals surface area contributed by atoms with Gasteiger partial charge >= 0.3 is 0 Å². The second kappa shape index (κ2) is 38.9. The summed E-state index contributed by atoms with van der Waals surface area (Å²) in [6, 6.07) is 36.5. The predicted octanol–water partition coefficient (Wildman–Crippen LogP) is 15.1. The Hall–Kier alpha value is -7.54. The van der Waals surface area contributed by atoms with Gasteiger partial charge in [-0.2, -0.15) is 0 Å². The van der Waals surface area contributed by atoms with Crippen LogP contribution in [0, 0.1) is 37.5 Å². The van der Waals surface area contributed by atoms with Crippen molar-refractivity contribution in [3.63, 3.8) is 0 Å². The predicted molar refractivity (Wildman–Crippen MR) is 471 cm³/mol. The number of methoxy groups -OCH3 is 1. The van der Waals surface area contributed by atoms with E-state index in [1.807, 2.05) is 67.6 Å². The van der Waals surface area contributed by atoms with Crippen LogP contribution >= 0.6 is 45.3 Å². The van der Waals surface area contributed by atoms with E-state index < -0.39 is 40.1 Å². The van der Waals surface area contributed by atoms with Gasteiger partial charge in [0, 0.05) is 118 Å². The van der Waals surface area contributed by atoms with Crippen molar-refractivity contribution in [2.24, 2.45) is 23.7 Å². The molecule has 0 amide bonds. The van der Waals surface area contributed by atoms with E-state index in [1.165, 1.54) is 45.4 Å². The highest BCUT2D eigenvalue weighted by Gasteiger charge is 2.33. The van der Waals surface area contributed by atoms with Gasteiger partial charge in [0.1, 0.15) is 33.6 Å². The van der Waals surface area contributed by atoms with Crippen LogP contribution in [0.5, 0.6) is 28.7 Å². The van der Waals surface area contributed by atoms with Crippen molar-refractivity contribution in [3.05, 3.63) is 140 Å². The lowest BCUT2D eigenvalue weighted by Crippen LogP contribution is -2.38. The normalized spacial score (nSPS) is 21.4. The van der Waals surface area contributed by atoms with Crippen molar-refractivity contribution in [1.29, 1.82) is 0 Å². The molecular formula is C84H108N12O13S8. The number of hydrogen-bond donors (Lipinski definition) is 8. The molecule has 33 heteroatoms. The van der Waals surface area contributed by atoms with Gasteiger partial charge in [-0.1, -0.05) is 54.6 Å². The number of aryl methyl sites for hydroxylation is 2. The van der Waals surface area contributed by atoms with Crippen LogP contribution in [0.4, 0.5) is 20.5 Å². The van der Waals surface area contributed by atoms with E-state index in [2.05, 4.69) is 83.5 Å². The van der Waals surface area contributed by atoms with E-state index in [0.717, 1.165) is 241 Å². The molecule has 4 fully saturated rings. The molecule has 0 saturated heterocycles. The highest BCUT2D eigenvalue weighted by Crippen LogP contribution is 2.45. The first-order valence-corrected chi connectivity index (χ1v) is 51.1. The molecule has 25 nitrogen and oxygen atoms in total. The van der Waals surface area contributed by atoms with E-state index in [0.29, 0.717) is 81.0 Å². The van der Waals surface area contributed by atoms with Crippen LogP contribution in [-0.2, 0) is 65.8 Å². The largest absolute Gasteiger partial charge is 0.495 e. The topological polar surface area (TPSA) is 331 Å². The van der Waals surface area contributed by atoms with Crippen molar-refractivity contribution in [2.75, 3.05) is 99.8 Å². The fraction of sp³-hybridized carbons (Fsp3) is 0.500. The summed E-state index contributed by atoms with van der Waals surface area (Å²) in [5.41, 5.74) is 10.5. The van der Waals surface area contributed by atoms with Gasteiger partial charge in [-0.15, -0.1) is 45.3 Å². The first kappa shape index (κ1) is 85.9. The van der Waals surface area contributed by atoms with Crippen molar-refractivity contribution in [2.45, 2.75) is 171 Å². The molecule has 117 heavy (non-hydrogen) atoms. The zero-order chi connectivity index (χ0) is 81.9. The number of ether oxygens (including phenoxy) is 5. The van der Waals surface area contributed by atoms with Crippen LogP contribution in [-0.4, -0.2) is 156 Å². The molecule has 4 saturated carbocycles. The number of anilines is 4. The van der Waals surface area contributed by atoms with E-state index in [9.17, 15) is 33.7 Å². The van der Waals surface area contributed by atoms with Crippen LogP contribution in [0.1, 0.15) is 133 Å². The van der Waals surface area contributed by atoms with Crippen LogP contribution in [0.15, 0.2) is 114 Å². The second-order valence-electron chi connectivity index (χ2n) is 31.8. The molecule has 0 spiro atoms. The first-order valence-electron chi connectivity index (χ1n) is 40.7. The quantitative estimate of drug-likeness (QED) is 0.0312. The number of nitrogens with zero attached hydrogens (tertiary/aromatic N) is 4. The average molecular weight is 1750 g/mol. The van der Waals surface area contributed by atoms with Crippen molar-refractivity contribution < 1.29 is 57.4 Å². The summed E-state index contributed by atoms with van der Waals surface area (Å²) in [4.78, 5) is 24.8. The van der Waals surface area contributed by atoms with Gasteiger partial charge < -0.3 is 45.0 Å². The van der Waals surface area contributed by atoms with Crippen molar-refractivity contribution >= 4 is 106 Å². The van der Waals surface area contributed by atoms with Crippen LogP contribution in [0.2, 0.25) is 0 Å². The Bertz CT molecular complexity index is 5360. The minimum absolute atomic E-state index is 0.0612. The summed E-state index contributed by atoms with van der Waals surface area (Å²) in [7, 11) is -11.5. The third-order valence-corrected chi connectivity index (χ3v) is 30.6. The number of fused-ring (bicyclic) bond motifs is 12. The van der Waals surface area contributed by atoms with Gasteiger partial charge in [-0.25, -0.2) is 72.5 Å². The smallest absolute Gasteiger partial charge is 0.244 e. The Morgan fingerprint density at radius 1 is 0.393 bits per heavy atom. The monoisotopic (exact) mass is 1750 g/mol. The van der Waals surface area contributed by atoms with Gasteiger partial charge in [-0.05, 0) is 206 Å².